The molecule has 0 aromatic heterocycles. The summed E-state index contributed by atoms with van der Waals surface area (Å²) >= 11 is 0. The average molecular weight is 280 g/mol. The van der Waals surface area contributed by atoms with Crippen molar-refractivity contribution in [2.24, 2.45) is 71.0 Å². The maximum atomic E-state index is 2.64. The second-order valence-corrected chi connectivity index (χ2v) is 10.1. The number of hydrogen-bond donors (Lipinski definition) is 0. The lowest BCUT2D eigenvalue weighted by molar-refractivity contribution is -0.0547. The second kappa shape index (κ2) is 3.46. The maximum absolute atomic E-state index is 2.64. The third-order valence-electron chi connectivity index (χ3n) is 10.1. The van der Waals surface area contributed by atoms with E-state index >= 15 is 0 Å². The highest BCUT2D eigenvalue weighted by Crippen LogP contribution is 2.75. The minimum Gasteiger partial charge on any atom is -0.0848 e. The third-order valence-corrected chi connectivity index (χ3v) is 10.1. The summed E-state index contributed by atoms with van der Waals surface area (Å²) in [7, 11) is 0. The van der Waals surface area contributed by atoms with E-state index in [1.807, 2.05) is 0 Å². The van der Waals surface area contributed by atoms with Gasteiger partial charge < -0.3 is 0 Å². The monoisotopic (exact) mass is 280 g/mol. The van der Waals surface area contributed by atoms with Crippen LogP contribution >= 0.6 is 0 Å². The van der Waals surface area contributed by atoms with Crippen LogP contribution in [0, 0.1) is 71.0 Å². The summed E-state index contributed by atoms with van der Waals surface area (Å²) in [6.45, 7) is 0. The summed E-state index contributed by atoms with van der Waals surface area (Å²) in [4.78, 5) is 0. The highest BCUT2D eigenvalue weighted by atomic mass is 14.7. The Kier molecular flexibility index (Phi) is 1.86. The van der Waals surface area contributed by atoms with Gasteiger partial charge in [-0.1, -0.05) is 12.2 Å². The molecule has 10 atom stereocenters. The van der Waals surface area contributed by atoms with Gasteiger partial charge in [0.25, 0.3) is 0 Å². The quantitative estimate of drug-likeness (QED) is 0.561. The molecule has 8 aliphatic carbocycles. The van der Waals surface area contributed by atoms with E-state index in [4.69, 9.17) is 0 Å². The van der Waals surface area contributed by atoms with E-state index in [0.717, 1.165) is 23.7 Å². The summed E-state index contributed by atoms with van der Waals surface area (Å²) in [5, 5.41) is 0. The van der Waals surface area contributed by atoms with Crippen LogP contribution in [0.1, 0.15) is 44.9 Å². The van der Waals surface area contributed by atoms with E-state index in [1.165, 1.54) is 47.3 Å². The van der Waals surface area contributed by atoms with Crippen LogP contribution in [0.2, 0.25) is 0 Å². The predicted octanol–water partition coefficient (Wildman–Crippen LogP) is 4.76. The standard InChI is InChI=1S/C21H28/c1-3-11-4-2-10(1)18-15-9-17(19(11)18)21-16(15)8-14-12-5-6-13(7-12)20(14)21/h5-6,10-21H,1-4,7-9H2. The topological polar surface area (TPSA) is 0 Å². The van der Waals surface area contributed by atoms with Crippen molar-refractivity contribution in [1.82, 2.24) is 0 Å². The van der Waals surface area contributed by atoms with Gasteiger partial charge in [-0.3, -0.25) is 0 Å². The fourth-order valence-electron chi connectivity index (χ4n) is 10.0. The molecule has 6 bridgehead atoms. The van der Waals surface area contributed by atoms with Crippen LogP contribution in [0.4, 0.5) is 0 Å². The number of allylic oxidation sites excluding steroid dienone is 2. The molecule has 0 heteroatoms. The number of rotatable bonds is 0. The molecule has 0 spiro atoms. The molecule has 0 radical (unpaired) electrons. The van der Waals surface area contributed by atoms with E-state index < -0.39 is 0 Å². The molecular formula is C21H28. The van der Waals surface area contributed by atoms with Gasteiger partial charge in [-0.25, -0.2) is 0 Å². The van der Waals surface area contributed by atoms with Gasteiger partial charge in [0.15, 0.2) is 0 Å². The smallest absolute Gasteiger partial charge is 0.0194 e. The van der Waals surface area contributed by atoms with Gasteiger partial charge in [0.1, 0.15) is 0 Å². The summed E-state index contributed by atoms with van der Waals surface area (Å²) in [5.74, 6) is 13.9. The van der Waals surface area contributed by atoms with Gasteiger partial charge in [0.05, 0.1) is 0 Å². The minimum absolute atomic E-state index is 1.02. The number of fused-ring (bicyclic) bond motifs is 13. The molecule has 0 saturated heterocycles. The molecule has 0 nitrogen and oxygen atoms in total. The zero-order valence-corrected chi connectivity index (χ0v) is 13.0. The predicted molar refractivity (Wildman–Crippen MR) is 83.3 cm³/mol. The average Bonchev–Trinajstić information content (AvgIpc) is 3.29. The Balaban J connectivity index is 1.32. The lowest BCUT2D eigenvalue weighted by Crippen LogP contribution is -2.48. The Labute approximate surface area is 128 Å². The van der Waals surface area contributed by atoms with Gasteiger partial charge in [-0.2, -0.15) is 0 Å². The van der Waals surface area contributed by atoms with Gasteiger partial charge in [-0.05, 0) is 116 Å². The van der Waals surface area contributed by atoms with Crippen molar-refractivity contribution in [2.75, 3.05) is 0 Å². The van der Waals surface area contributed by atoms with Crippen molar-refractivity contribution in [3.8, 4) is 0 Å². The van der Waals surface area contributed by atoms with Gasteiger partial charge in [0.2, 0.25) is 0 Å². The molecule has 0 heterocycles. The summed E-state index contributed by atoms with van der Waals surface area (Å²) < 4.78 is 0. The molecule has 7 saturated carbocycles. The van der Waals surface area contributed by atoms with Crippen molar-refractivity contribution < 1.29 is 0 Å². The Morgan fingerprint density at radius 3 is 1.90 bits per heavy atom. The molecular weight excluding hydrogens is 252 g/mol. The highest BCUT2D eigenvalue weighted by Gasteiger charge is 2.69. The molecule has 0 aromatic rings. The Bertz CT molecular complexity index is 524. The molecule has 8 rings (SSSR count). The second-order valence-electron chi connectivity index (χ2n) is 10.1. The van der Waals surface area contributed by atoms with E-state index in [0.29, 0.717) is 0 Å². The molecule has 7 fully saturated rings. The first kappa shape index (κ1) is 11.3. The fraction of sp³-hybridized carbons (Fsp3) is 0.905. The molecule has 0 aromatic carbocycles. The molecule has 0 amide bonds. The molecule has 0 aliphatic heterocycles. The van der Waals surface area contributed by atoms with Gasteiger partial charge in [-0.15, -0.1) is 0 Å². The van der Waals surface area contributed by atoms with Crippen molar-refractivity contribution in [1.29, 1.82) is 0 Å². The largest absolute Gasteiger partial charge is 0.0848 e. The summed E-state index contributed by atoms with van der Waals surface area (Å²) in [5.41, 5.74) is 0. The van der Waals surface area contributed by atoms with E-state index in [-0.39, 0.29) is 0 Å². The van der Waals surface area contributed by atoms with Crippen molar-refractivity contribution in [3.63, 3.8) is 0 Å². The molecule has 8 aliphatic rings. The first-order chi connectivity index (χ1) is 10.4. The van der Waals surface area contributed by atoms with Crippen LogP contribution in [0.3, 0.4) is 0 Å². The number of hydrogen-bond acceptors (Lipinski definition) is 0. The molecule has 112 valence electrons. The third kappa shape index (κ3) is 1.11. The lowest BCUT2D eigenvalue weighted by atomic mass is 9.51. The summed E-state index contributed by atoms with van der Waals surface area (Å²) in [6.07, 6.45) is 16.6. The van der Waals surface area contributed by atoms with Gasteiger partial charge in [0, 0.05) is 0 Å². The zero-order valence-electron chi connectivity index (χ0n) is 13.0. The van der Waals surface area contributed by atoms with Crippen LogP contribution in [-0.4, -0.2) is 0 Å². The Morgan fingerprint density at radius 2 is 1.10 bits per heavy atom. The van der Waals surface area contributed by atoms with Crippen LogP contribution in [-0.2, 0) is 0 Å². The molecule has 10 unspecified atom stereocenters. The van der Waals surface area contributed by atoms with Crippen LogP contribution < -0.4 is 0 Å². The molecule has 21 heavy (non-hydrogen) atoms. The normalized spacial score (nSPS) is 71.2. The highest BCUT2D eigenvalue weighted by molar-refractivity contribution is 5.23. The lowest BCUT2D eigenvalue weighted by Gasteiger charge is -2.54. The van der Waals surface area contributed by atoms with E-state index in [1.54, 1.807) is 44.9 Å². The van der Waals surface area contributed by atoms with Gasteiger partial charge >= 0.3 is 0 Å². The fourth-order valence-corrected chi connectivity index (χ4v) is 10.0. The van der Waals surface area contributed by atoms with Crippen LogP contribution in [0.15, 0.2) is 12.2 Å². The SMILES string of the molecule is C1=CC2CC1C1CC3C4CC(C5C6CCC(CC6)C45)C3C21. The summed E-state index contributed by atoms with van der Waals surface area (Å²) in [6, 6.07) is 0. The van der Waals surface area contributed by atoms with Crippen molar-refractivity contribution >= 4 is 0 Å². The first-order valence-electron chi connectivity index (χ1n) is 10.1. The van der Waals surface area contributed by atoms with Crippen molar-refractivity contribution in [3.05, 3.63) is 12.2 Å². The Morgan fingerprint density at radius 1 is 0.476 bits per heavy atom. The van der Waals surface area contributed by atoms with Crippen molar-refractivity contribution in [2.45, 2.75) is 44.9 Å². The van der Waals surface area contributed by atoms with E-state index in [2.05, 4.69) is 12.2 Å². The minimum atomic E-state index is 1.02. The van der Waals surface area contributed by atoms with Crippen LogP contribution in [0.5, 0.6) is 0 Å². The Hall–Kier alpha value is -0.260. The zero-order chi connectivity index (χ0) is 13.3. The van der Waals surface area contributed by atoms with E-state index in [9.17, 15) is 0 Å². The van der Waals surface area contributed by atoms with Crippen LogP contribution in [0.25, 0.3) is 0 Å². The molecule has 0 N–H and O–H groups in total. The maximum Gasteiger partial charge on any atom is -0.0194 e. The first-order valence-corrected chi connectivity index (χ1v) is 10.1.